The molecule has 0 amide bonds. The first-order valence-corrected chi connectivity index (χ1v) is 11.5. The van der Waals surface area contributed by atoms with Gasteiger partial charge in [0.25, 0.3) is 0 Å². The zero-order valence-electron chi connectivity index (χ0n) is 15.7. The maximum Gasteiger partial charge on any atom is 0.243 e. The van der Waals surface area contributed by atoms with E-state index in [1.165, 1.54) is 5.69 Å². The van der Waals surface area contributed by atoms with Crippen molar-refractivity contribution in [3.63, 3.8) is 0 Å². The molecule has 28 heavy (non-hydrogen) atoms. The number of sulfonamides is 1. The molecule has 0 radical (unpaired) electrons. The van der Waals surface area contributed by atoms with Crippen molar-refractivity contribution in [2.45, 2.75) is 30.4 Å². The quantitative estimate of drug-likeness (QED) is 0.688. The summed E-state index contributed by atoms with van der Waals surface area (Å²) >= 11 is 3.51. The first kappa shape index (κ1) is 19.7. The number of hydrogen-bond donors (Lipinski definition) is 0. The average Bonchev–Trinajstić information content (AvgIpc) is 2.73. The average molecular weight is 467 g/mol. The Bertz CT molecular complexity index is 941. The van der Waals surface area contributed by atoms with Gasteiger partial charge in [-0.3, -0.25) is 0 Å². The van der Waals surface area contributed by atoms with E-state index in [0.29, 0.717) is 37.1 Å². The SMILES string of the molecule is COc1ccc(S(=O)(=O)N2CCC(N3COCc4cc(Br)ccc43)CC2)cc1. The summed E-state index contributed by atoms with van der Waals surface area (Å²) in [6.45, 7) is 2.16. The molecule has 0 bridgehead atoms. The Kier molecular flexibility index (Phi) is 5.64. The number of anilines is 1. The predicted octanol–water partition coefficient (Wildman–Crippen LogP) is 3.61. The standard InChI is InChI=1S/C20H23BrN2O4S/c1-26-18-3-5-19(6-4-18)28(24,25)22-10-8-17(9-11-22)23-14-27-13-15-12-16(21)2-7-20(15)23/h2-7,12,17H,8-11,13-14H2,1H3. The normalized spacial score (nSPS) is 18.7. The molecule has 2 aromatic carbocycles. The molecule has 2 heterocycles. The van der Waals surface area contributed by atoms with Crippen molar-refractivity contribution in [2.75, 3.05) is 31.8 Å². The summed E-state index contributed by atoms with van der Waals surface area (Å²) in [5, 5.41) is 0. The molecule has 0 N–H and O–H groups in total. The van der Waals surface area contributed by atoms with E-state index in [4.69, 9.17) is 9.47 Å². The summed E-state index contributed by atoms with van der Waals surface area (Å²) in [5.41, 5.74) is 2.35. The highest BCUT2D eigenvalue weighted by Crippen LogP contribution is 2.33. The van der Waals surface area contributed by atoms with Crippen molar-refractivity contribution < 1.29 is 17.9 Å². The third kappa shape index (κ3) is 3.78. The molecule has 0 aliphatic carbocycles. The number of rotatable bonds is 4. The lowest BCUT2D eigenvalue weighted by molar-refractivity contribution is 0.0987. The van der Waals surface area contributed by atoms with Gasteiger partial charge in [-0.05, 0) is 55.3 Å². The smallest absolute Gasteiger partial charge is 0.243 e. The van der Waals surface area contributed by atoms with Crippen LogP contribution in [0, 0.1) is 0 Å². The molecule has 0 spiro atoms. The molecule has 1 fully saturated rings. The van der Waals surface area contributed by atoms with E-state index < -0.39 is 10.0 Å². The van der Waals surface area contributed by atoms with Crippen LogP contribution >= 0.6 is 15.9 Å². The van der Waals surface area contributed by atoms with Crippen LogP contribution in [0.4, 0.5) is 5.69 Å². The second-order valence-electron chi connectivity index (χ2n) is 7.03. The van der Waals surface area contributed by atoms with Gasteiger partial charge in [-0.15, -0.1) is 0 Å². The summed E-state index contributed by atoms with van der Waals surface area (Å²) in [6, 6.07) is 13.1. The molecule has 0 aromatic heterocycles. The lowest BCUT2D eigenvalue weighted by Crippen LogP contribution is -2.48. The molecule has 4 rings (SSSR count). The number of hydrogen-bond acceptors (Lipinski definition) is 5. The first-order valence-electron chi connectivity index (χ1n) is 9.26. The fourth-order valence-corrected chi connectivity index (χ4v) is 5.74. The van der Waals surface area contributed by atoms with Crippen LogP contribution in [0.5, 0.6) is 5.75 Å². The first-order chi connectivity index (χ1) is 13.5. The highest BCUT2D eigenvalue weighted by molar-refractivity contribution is 9.10. The number of methoxy groups -OCH3 is 1. The fraction of sp³-hybridized carbons (Fsp3) is 0.400. The van der Waals surface area contributed by atoms with Gasteiger partial charge < -0.3 is 14.4 Å². The lowest BCUT2D eigenvalue weighted by atomic mass is 10.0. The molecule has 0 saturated carbocycles. The molecular formula is C20H23BrN2O4S. The molecular weight excluding hydrogens is 444 g/mol. The number of piperidine rings is 1. The van der Waals surface area contributed by atoms with Gasteiger partial charge in [0.2, 0.25) is 10.0 Å². The van der Waals surface area contributed by atoms with E-state index in [1.807, 2.05) is 6.07 Å². The number of fused-ring (bicyclic) bond motifs is 1. The number of ether oxygens (including phenoxy) is 2. The Morgan fingerprint density at radius 1 is 1.11 bits per heavy atom. The topological polar surface area (TPSA) is 59.1 Å². The van der Waals surface area contributed by atoms with Crippen LogP contribution in [-0.4, -0.2) is 45.7 Å². The van der Waals surface area contributed by atoms with Crippen molar-refractivity contribution >= 4 is 31.6 Å². The molecule has 2 aromatic rings. The Labute approximate surface area is 174 Å². The molecule has 1 saturated heterocycles. The van der Waals surface area contributed by atoms with E-state index in [1.54, 1.807) is 35.7 Å². The maximum atomic E-state index is 12.9. The number of halogens is 1. The van der Waals surface area contributed by atoms with Crippen LogP contribution in [0.1, 0.15) is 18.4 Å². The minimum atomic E-state index is -3.49. The Morgan fingerprint density at radius 2 is 1.82 bits per heavy atom. The highest BCUT2D eigenvalue weighted by atomic mass is 79.9. The van der Waals surface area contributed by atoms with Crippen LogP contribution in [0.3, 0.4) is 0 Å². The van der Waals surface area contributed by atoms with Crippen LogP contribution in [0.15, 0.2) is 51.8 Å². The van der Waals surface area contributed by atoms with Gasteiger partial charge in [0.05, 0.1) is 18.6 Å². The largest absolute Gasteiger partial charge is 0.497 e. The number of nitrogens with zero attached hydrogens (tertiary/aromatic N) is 2. The third-order valence-electron chi connectivity index (χ3n) is 5.40. The Morgan fingerprint density at radius 3 is 2.50 bits per heavy atom. The van der Waals surface area contributed by atoms with Gasteiger partial charge in [0.1, 0.15) is 12.5 Å². The van der Waals surface area contributed by atoms with Gasteiger partial charge in [-0.25, -0.2) is 8.42 Å². The van der Waals surface area contributed by atoms with Crippen LogP contribution in [0.25, 0.3) is 0 Å². The zero-order valence-corrected chi connectivity index (χ0v) is 18.1. The summed E-state index contributed by atoms with van der Waals surface area (Å²) in [6.07, 6.45) is 1.54. The van der Waals surface area contributed by atoms with Crippen LogP contribution in [-0.2, 0) is 21.4 Å². The lowest BCUT2D eigenvalue weighted by Gasteiger charge is -2.41. The van der Waals surface area contributed by atoms with Gasteiger partial charge >= 0.3 is 0 Å². The van der Waals surface area contributed by atoms with Crippen LogP contribution < -0.4 is 9.64 Å². The van der Waals surface area contributed by atoms with Crippen molar-refractivity contribution in [2.24, 2.45) is 0 Å². The Hall–Kier alpha value is -1.61. The van der Waals surface area contributed by atoms with Crippen molar-refractivity contribution in [3.8, 4) is 5.75 Å². The fourth-order valence-electron chi connectivity index (χ4n) is 3.87. The van der Waals surface area contributed by atoms with Crippen LogP contribution in [0.2, 0.25) is 0 Å². The van der Waals surface area contributed by atoms with Gasteiger partial charge in [-0.1, -0.05) is 15.9 Å². The molecule has 6 nitrogen and oxygen atoms in total. The van der Waals surface area contributed by atoms with E-state index in [0.717, 1.165) is 22.9 Å². The molecule has 2 aliphatic heterocycles. The van der Waals surface area contributed by atoms with E-state index in [2.05, 4.69) is 33.0 Å². The molecule has 0 unspecified atom stereocenters. The molecule has 8 heteroatoms. The van der Waals surface area contributed by atoms with E-state index >= 15 is 0 Å². The summed E-state index contributed by atoms with van der Waals surface area (Å²) in [4.78, 5) is 2.58. The van der Waals surface area contributed by atoms with Gasteiger partial charge in [0.15, 0.2) is 0 Å². The van der Waals surface area contributed by atoms with Crippen molar-refractivity contribution in [1.82, 2.24) is 4.31 Å². The zero-order chi connectivity index (χ0) is 19.7. The van der Waals surface area contributed by atoms with Crippen molar-refractivity contribution in [3.05, 3.63) is 52.5 Å². The molecule has 0 atom stereocenters. The number of benzene rings is 2. The van der Waals surface area contributed by atoms with E-state index in [-0.39, 0.29) is 6.04 Å². The third-order valence-corrected chi connectivity index (χ3v) is 7.81. The van der Waals surface area contributed by atoms with Gasteiger partial charge in [-0.2, -0.15) is 4.31 Å². The van der Waals surface area contributed by atoms with Gasteiger partial charge in [0, 0.05) is 34.9 Å². The Balaban J connectivity index is 1.46. The second kappa shape index (κ2) is 8.02. The molecule has 2 aliphatic rings. The minimum Gasteiger partial charge on any atom is -0.497 e. The van der Waals surface area contributed by atoms with E-state index in [9.17, 15) is 8.42 Å². The second-order valence-corrected chi connectivity index (χ2v) is 9.88. The maximum absolute atomic E-state index is 12.9. The summed E-state index contributed by atoms with van der Waals surface area (Å²) < 4.78 is 39.4. The summed E-state index contributed by atoms with van der Waals surface area (Å²) in [5.74, 6) is 0.646. The summed E-state index contributed by atoms with van der Waals surface area (Å²) in [7, 11) is -1.92. The molecule has 150 valence electrons. The highest BCUT2D eigenvalue weighted by Gasteiger charge is 2.33. The van der Waals surface area contributed by atoms with Crippen molar-refractivity contribution in [1.29, 1.82) is 0 Å². The monoisotopic (exact) mass is 466 g/mol. The minimum absolute atomic E-state index is 0.266. The predicted molar refractivity (Wildman–Crippen MR) is 111 cm³/mol.